The van der Waals surface area contributed by atoms with Gasteiger partial charge < -0.3 is 10.6 Å². The predicted octanol–water partition coefficient (Wildman–Crippen LogP) is 2.32. The maximum absolute atomic E-state index is 13.1. The van der Waals surface area contributed by atoms with E-state index in [2.05, 4.69) is 10.6 Å². The average Bonchev–Trinajstić information content (AvgIpc) is 2.30. The number of carbonyl (C=O) groups is 1. The lowest BCUT2D eigenvalue weighted by Crippen LogP contribution is -2.30. The number of hydrogen-bond donors (Lipinski definition) is 2. The summed E-state index contributed by atoms with van der Waals surface area (Å²) < 4.78 is 13.1. The van der Waals surface area contributed by atoms with Crippen LogP contribution in [0.15, 0.2) is 18.2 Å². The van der Waals surface area contributed by atoms with Gasteiger partial charge in [-0.3, -0.25) is 4.79 Å². The van der Waals surface area contributed by atoms with Gasteiger partial charge in [-0.05, 0) is 44.2 Å². The molecule has 0 bridgehead atoms. The first-order valence-electron chi connectivity index (χ1n) is 5.80. The Kier molecular flexibility index (Phi) is 5.10. The highest BCUT2D eigenvalue weighted by Gasteiger charge is 2.15. The molecule has 2 N–H and O–H groups in total. The van der Waals surface area contributed by atoms with E-state index >= 15 is 0 Å². The van der Waals surface area contributed by atoms with Gasteiger partial charge in [0.2, 0.25) is 5.91 Å². The average molecular weight is 238 g/mol. The van der Waals surface area contributed by atoms with Crippen molar-refractivity contribution in [1.29, 1.82) is 0 Å². The van der Waals surface area contributed by atoms with Crippen LogP contribution in [0.25, 0.3) is 0 Å². The molecule has 3 nitrogen and oxygen atoms in total. The van der Waals surface area contributed by atoms with Gasteiger partial charge in [-0.15, -0.1) is 0 Å². The second-order valence-corrected chi connectivity index (χ2v) is 4.12. The third kappa shape index (κ3) is 3.82. The fraction of sp³-hybridized carbons (Fsp3) is 0.462. The second-order valence-electron chi connectivity index (χ2n) is 4.12. The fourth-order valence-corrected chi connectivity index (χ4v) is 1.64. The number of halogens is 1. The molecule has 0 aliphatic heterocycles. The number of anilines is 1. The van der Waals surface area contributed by atoms with Crippen LogP contribution in [0.5, 0.6) is 0 Å². The Bertz CT molecular complexity index is 393. The van der Waals surface area contributed by atoms with Crippen LogP contribution in [0.1, 0.15) is 18.9 Å². The normalized spacial score (nSPS) is 12.2. The van der Waals surface area contributed by atoms with Gasteiger partial charge in [-0.1, -0.05) is 6.92 Å². The smallest absolute Gasteiger partial charge is 0.228 e. The van der Waals surface area contributed by atoms with Gasteiger partial charge in [0.1, 0.15) is 5.82 Å². The Hall–Kier alpha value is -1.42. The predicted molar refractivity (Wildman–Crippen MR) is 67.5 cm³/mol. The van der Waals surface area contributed by atoms with Crippen LogP contribution in [0.2, 0.25) is 0 Å². The van der Waals surface area contributed by atoms with Crippen molar-refractivity contribution in [3.05, 3.63) is 29.6 Å². The zero-order valence-electron chi connectivity index (χ0n) is 10.5. The first-order valence-corrected chi connectivity index (χ1v) is 5.80. The van der Waals surface area contributed by atoms with Crippen molar-refractivity contribution in [3.8, 4) is 0 Å². The molecule has 0 fully saturated rings. The third-order valence-electron chi connectivity index (χ3n) is 2.74. The minimum Gasteiger partial charge on any atom is -0.326 e. The Labute approximate surface area is 101 Å². The lowest BCUT2D eigenvalue weighted by Gasteiger charge is -2.14. The van der Waals surface area contributed by atoms with Gasteiger partial charge in [-0.25, -0.2) is 4.39 Å². The number of amides is 1. The summed E-state index contributed by atoms with van der Waals surface area (Å²) in [7, 11) is 1.82. The Morgan fingerprint density at radius 1 is 1.47 bits per heavy atom. The molecular weight excluding hydrogens is 219 g/mol. The van der Waals surface area contributed by atoms with Gasteiger partial charge in [-0.2, -0.15) is 0 Å². The quantitative estimate of drug-likeness (QED) is 0.826. The summed E-state index contributed by atoms with van der Waals surface area (Å²) in [6.45, 7) is 4.29. The molecule has 0 aliphatic carbocycles. The number of aryl methyl sites for hydroxylation is 1. The molecule has 0 aromatic heterocycles. The molecule has 1 rings (SSSR count). The van der Waals surface area contributed by atoms with Crippen LogP contribution in [0.3, 0.4) is 0 Å². The summed E-state index contributed by atoms with van der Waals surface area (Å²) in [6, 6.07) is 4.58. The third-order valence-corrected chi connectivity index (χ3v) is 2.74. The molecule has 1 amide bonds. The number of benzene rings is 1. The van der Waals surface area contributed by atoms with Crippen LogP contribution in [-0.2, 0) is 4.79 Å². The lowest BCUT2D eigenvalue weighted by atomic mass is 10.1. The summed E-state index contributed by atoms with van der Waals surface area (Å²) >= 11 is 0. The number of nitrogens with one attached hydrogen (secondary N) is 2. The van der Waals surface area contributed by atoms with E-state index in [0.717, 1.165) is 6.42 Å². The molecule has 94 valence electrons. The summed E-state index contributed by atoms with van der Waals surface area (Å²) in [6.07, 6.45) is 0.771. The number of hydrogen-bond acceptors (Lipinski definition) is 2. The SMILES string of the molecule is CCC(CNC)C(=O)Nc1ccc(F)c(C)c1. The number of rotatable bonds is 5. The Balaban J connectivity index is 2.69. The molecule has 1 unspecified atom stereocenters. The molecule has 1 aromatic rings. The monoisotopic (exact) mass is 238 g/mol. The largest absolute Gasteiger partial charge is 0.326 e. The Morgan fingerprint density at radius 3 is 2.71 bits per heavy atom. The zero-order valence-corrected chi connectivity index (χ0v) is 10.5. The Morgan fingerprint density at radius 2 is 2.18 bits per heavy atom. The van der Waals surface area contributed by atoms with Gasteiger partial charge in [0.25, 0.3) is 0 Å². The first kappa shape index (κ1) is 13.6. The highest BCUT2D eigenvalue weighted by molar-refractivity contribution is 5.92. The molecule has 0 radical (unpaired) electrons. The van der Waals surface area contributed by atoms with E-state index in [1.54, 1.807) is 19.1 Å². The maximum atomic E-state index is 13.1. The van der Waals surface area contributed by atoms with E-state index < -0.39 is 0 Å². The van der Waals surface area contributed by atoms with Crippen molar-refractivity contribution in [3.63, 3.8) is 0 Å². The zero-order chi connectivity index (χ0) is 12.8. The van der Waals surface area contributed by atoms with E-state index in [-0.39, 0.29) is 17.6 Å². The molecule has 1 atom stereocenters. The van der Waals surface area contributed by atoms with Gasteiger partial charge in [0.15, 0.2) is 0 Å². The highest BCUT2D eigenvalue weighted by Crippen LogP contribution is 2.15. The lowest BCUT2D eigenvalue weighted by molar-refractivity contribution is -0.119. The molecule has 0 spiro atoms. The molecule has 4 heteroatoms. The summed E-state index contributed by atoms with van der Waals surface area (Å²) in [5, 5.41) is 5.79. The second kappa shape index (κ2) is 6.35. The minimum atomic E-state index is -0.259. The van der Waals surface area contributed by atoms with Crippen LogP contribution >= 0.6 is 0 Å². The van der Waals surface area contributed by atoms with E-state index in [9.17, 15) is 9.18 Å². The number of carbonyl (C=O) groups excluding carboxylic acids is 1. The van der Waals surface area contributed by atoms with Crippen molar-refractivity contribution in [2.75, 3.05) is 18.9 Å². The van der Waals surface area contributed by atoms with Crippen molar-refractivity contribution in [1.82, 2.24) is 5.32 Å². The van der Waals surface area contributed by atoms with E-state index in [1.165, 1.54) is 6.07 Å². The highest BCUT2D eigenvalue weighted by atomic mass is 19.1. The maximum Gasteiger partial charge on any atom is 0.228 e. The van der Waals surface area contributed by atoms with Crippen LogP contribution in [-0.4, -0.2) is 19.5 Å². The van der Waals surface area contributed by atoms with Crippen molar-refractivity contribution in [2.24, 2.45) is 5.92 Å². The molecule has 0 saturated heterocycles. The van der Waals surface area contributed by atoms with Crippen LogP contribution in [0, 0.1) is 18.7 Å². The molecular formula is C13H19FN2O. The molecule has 0 saturated carbocycles. The van der Waals surface area contributed by atoms with Crippen molar-refractivity contribution in [2.45, 2.75) is 20.3 Å². The van der Waals surface area contributed by atoms with E-state index in [0.29, 0.717) is 17.8 Å². The van der Waals surface area contributed by atoms with Gasteiger partial charge in [0, 0.05) is 12.2 Å². The van der Waals surface area contributed by atoms with Crippen LogP contribution < -0.4 is 10.6 Å². The summed E-state index contributed by atoms with van der Waals surface area (Å²) in [5.41, 5.74) is 1.17. The van der Waals surface area contributed by atoms with E-state index in [4.69, 9.17) is 0 Å². The molecule has 0 heterocycles. The minimum absolute atomic E-state index is 0.0344. The summed E-state index contributed by atoms with van der Waals surface area (Å²) in [4.78, 5) is 11.9. The standard InChI is InChI=1S/C13H19FN2O/c1-4-10(8-15-3)13(17)16-11-5-6-12(14)9(2)7-11/h5-7,10,15H,4,8H2,1-3H3,(H,16,17). The molecule has 1 aromatic carbocycles. The first-order chi connectivity index (χ1) is 8.08. The summed E-state index contributed by atoms with van der Waals surface area (Å²) in [5.74, 6) is -0.358. The molecule has 17 heavy (non-hydrogen) atoms. The fourth-order valence-electron chi connectivity index (χ4n) is 1.64. The van der Waals surface area contributed by atoms with Crippen molar-refractivity contribution < 1.29 is 9.18 Å². The van der Waals surface area contributed by atoms with Gasteiger partial charge >= 0.3 is 0 Å². The van der Waals surface area contributed by atoms with Crippen LogP contribution in [0.4, 0.5) is 10.1 Å². The molecule has 0 aliphatic rings. The van der Waals surface area contributed by atoms with Crippen molar-refractivity contribution >= 4 is 11.6 Å². The van der Waals surface area contributed by atoms with E-state index in [1.807, 2.05) is 14.0 Å². The van der Waals surface area contributed by atoms with Gasteiger partial charge in [0.05, 0.1) is 5.92 Å². The topological polar surface area (TPSA) is 41.1 Å².